The van der Waals surface area contributed by atoms with E-state index in [0.717, 1.165) is 74.5 Å². The molecule has 31 heavy (non-hydrogen) atoms. The summed E-state index contributed by atoms with van der Waals surface area (Å²) >= 11 is 8.03. The zero-order chi connectivity index (χ0) is 21.4. The normalized spacial score (nSPS) is 31.5. The number of anilines is 1. The Morgan fingerprint density at radius 1 is 1.29 bits per heavy atom. The molecule has 0 unspecified atom stereocenters. The highest BCUT2D eigenvalue weighted by molar-refractivity contribution is 7.16. The second-order valence-electron chi connectivity index (χ2n) is 9.34. The van der Waals surface area contributed by atoms with Gasteiger partial charge in [-0.15, -0.1) is 11.3 Å². The number of ether oxygens (including phenoxy) is 1. The van der Waals surface area contributed by atoms with Crippen LogP contribution in [0.5, 0.6) is 0 Å². The number of aliphatic hydroxyl groups is 1. The lowest BCUT2D eigenvalue weighted by Crippen LogP contribution is -2.49. The molecule has 6 nitrogen and oxygen atoms in total. The highest BCUT2D eigenvalue weighted by atomic mass is 35.5. The number of thiophene rings is 1. The van der Waals surface area contributed by atoms with Crippen molar-refractivity contribution in [2.24, 2.45) is 0 Å². The van der Waals surface area contributed by atoms with E-state index in [0.29, 0.717) is 18.0 Å². The molecular weight excluding hydrogens is 432 g/mol. The maximum Gasteiger partial charge on any atom is 0.222 e. The number of halogens is 1. The molecule has 1 saturated heterocycles. The Kier molecular flexibility index (Phi) is 6.23. The number of likely N-dealkylation sites (tertiary alicyclic amines) is 1. The molecule has 2 N–H and O–H groups in total. The molecule has 8 heteroatoms. The molecule has 0 radical (unpaired) electrons. The smallest absolute Gasteiger partial charge is 0.222 e. The van der Waals surface area contributed by atoms with Crippen molar-refractivity contribution < 1.29 is 9.84 Å². The summed E-state index contributed by atoms with van der Waals surface area (Å²) in [6.45, 7) is 4.92. The van der Waals surface area contributed by atoms with Crippen LogP contribution < -0.4 is 5.32 Å². The van der Waals surface area contributed by atoms with Crippen molar-refractivity contribution in [2.75, 3.05) is 18.5 Å². The molecule has 0 bridgehead atoms. The van der Waals surface area contributed by atoms with Crippen LogP contribution >= 0.6 is 22.9 Å². The summed E-state index contributed by atoms with van der Waals surface area (Å²) in [5.41, 5.74) is 2.35. The van der Waals surface area contributed by atoms with E-state index in [-0.39, 0.29) is 11.7 Å². The Morgan fingerprint density at radius 2 is 2.06 bits per heavy atom. The maximum atomic E-state index is 9.66. The number of nitrogens with zero attached hydrogens (tertiary/aromatic N) is 3. The first-order valence-electron chi connectivity index (χ1n) is 11.4. The first-order valence-corrected chi connectivity index (χ1v) is 12.6. The number of aliphatic hydroxyl groups excluding tert-OH is 1. The van der Waals surface area contributed by atoms with Crippen molar-refractivity contribution in [3.05, 3.63) is 38.8 Å². The molecule has 2 aromatic heterocycles. The number of rotatable bonds is 4. The number of piperidine rings is 1. The molecular formula is C23H31ClN4O2S. The first kappa shape index (κ1) is 21.6. The Labute approximate surface area is 193 Å². The van der Waals surface area contributed by atoms with Gasteiger partial charge in [0.2, 0.25) is 5.95 Å². The van der Waals surface area contributed by atoms with E-state index in [4.69, 9.17) is 16.3 Å². The number of fused-ring (bicyclic) bond motifs is 2. The summed E-state index contributed by atoms with van der Waals surface area (Å²) in [7, 11) is 0. The van der Waals surface area contributed by atoms with Gasteiger partial charge in [0.05, 0.1) is 17.0 Å². The van der Waals surface area contributed by atoms with Gasteiger partial charge >= 0.3 is 0 Å². The Balaban J connectivity index is 1.19. The van der Waals surface area contributed by atoms with E-state index in [1.807, 2.05) is 12.4 Å². The summed E-state index contributed by atoms with van der Waals surface area (Å²) in [6, 6.07) is 2.90. The first-order chi connectivity index (χ1) is 15.0. The molecule has 1 saturated carbocycles. The van der Waals surface area contributed by atoms with Crippen LogP contribution in [0, 0.1) is 0 Å². The number of aromatic nitrogens is 2. The zero-order valence-electron chi connectivity index (χ0n) is 18.0. The summed E-state index contributed by atoms with van der Waals surface area (Å²) in [5, 5.41) is 13.1. The van der Waals surface area contributed by atoms with E-state index in [2.05, 4.69) is 33.2 Å². The Bertz CT molecular complexity index is 899. The molecule has 2 fully saturated rings. The highest BCUT2D eigenvalue weighted by Crippen LogP contribution is 2.48. The van der Waals surface area contributed by atoms with Gasteiger partial charge in [0.25, 0.3) is 0 Å². The third kappa shape index (κ3) is 4.62. The minimum Gasteiger partial charge on any atom is -0.393 e. The predicted octanol–water partition coefficient (Wildman–Crippen LogP) is 4.36. The zero-order valence-corrected chi connectivity index (χ0v) is 19.6. The van der Waals surface area contributed by atoms with Crippen LogP contribution in [0.2, 0.25) is 4.34 Å². The van der Waals surface area contributed by atoms with Crippen LogP contribution in [-0.2, 0) is 23.3 Å². The minimum absolute atomic E-state index is 0.144. The fourth-order valence-corrected chi connectivity index (χ4v) is 6.84. The van der Waals surface area contributed by atoms with Gasteiger partial charge in [0.1, 0.15) is 5.60 Å². The quantitative estimate of drug-likeness (QED) is 0.703. The monoisotopic (exact) mass is 462 g/mol. The van der Waals surface area contributed by atoms with Crippen molar-refractivity contribution in [2.45, 2.75) is 82.2 Å². The molecule has 4 heterocycles. The second kappa shape index (κ2) is 8.94. The van der Waals surface area contributed by atoms with Crippen LogP contribution in [0.4, 0.5) is 5.95 Å². The van der Waals surface area contributed by atoms with Gasteiger partial charge in [0.15, 0.2) is 0 Å². The summed E-state index contributed by atoms with van der Waals surface area (Å²) < 4.78 is 7.26. The van der Waals surface area contributed by atoms with Gasteiger partial charge in [-0.2, -0.15) is 0 Å². The lowest BCUT2D eigenvalue weighted by atomic mass is 9.82. The minimum atomic E-state index is -0.168. The van der Waals surface area contributed by atoms with Crippen LogP contribution in [0.1, 0.15) is 61.5 Å². The van der Waals surface area contributed by atoms with E-state index in [9.17, 15) is 5.11 Å². The SMILES string of the molecule is C[C@H]1C[C@@]2(CCN1Cc1cnc(N[C@H]3CC[C@H](O)CC3)nc1)OCCc1cc(Cl)sc12. The van der Waals surface area contributed by atoms with E-state index < -0.39 is 0 Å². The number of hydrogen-bond acceptors (Lipinski definition) is 7. The maximum absolute atomic E-state index is 9.66. The van der Waals surface area contributed by atoms with Gasteiger partial charge in [0, 0.05) is 48.0 Å². The average Bonchev–Trinajstić information content (AvgIpc) is 3.15. The van der Waals surface area contributed by atoms with Crippen molar-refractivity contribution in [3.8, 4) is 0 Å². The Morgan fingerprint density at radius 3 is 2.81 bits per heavy atom. The molecule has 3 aliphatic rings. The second-order valence-corrected chi connectivity index (χ2v) is 11.0. The molecule has 2 aromatic rings. The average molecular weight is 463 g/mol. The number of hydrogen-bond donors (Lipinski definition) is 2. The largest absolute Gasteiger partial charge is 0.393 e. The van der Waals surface area contributed by atoms with E-state index >= 15 is 0 Å². The predicted molar refractivity (Wildman–Crippen MR) is 124 cm³/mol. The van der Waals surface area contributed by atoms with Crippen LogP contribution in [0.15, 0.2) is 18.5 Å². The summed E-state index contributed by atoms with van der Waals surface area (Å²) in [6.07, 6.45) is 10.3. The van der Waals surface area contributed by atoms with Gasteiger partial charge in [-0.3, -0.25) is 4.90 Å². The standard InChI is InChI=1S/C23H31ClN4O2S/c1-15-11-23(21-17(6-9-30-23)10-20(24)31-21)7-8-28(15)14-16-12-25-22(26-13-16)27-18-2-4-19(29)5-3-18/h10,12-13,15,18-19,29H,2-9,11,14H2,1H3,(H,25,26,27)/t15-,18-,19-,23+/m0/s1. The van der Waals surface area contributed by atoms with Crippen molar-refractivity contribution in [1.82, 2.24) is 14.9 Å². The van der Waals surface area contributed by atoms with Gasteiger partial charge in [-0.05, 0) is 63.5 Å². The van der Waals surface area contributed by atoms with Crippen molar-refractivity contribution in [1.29, 1.82) is 0 Å². The van der Waals surface area contributed by atoms with Crippen molar-refractivity contribution >= 4 is 28.9 Å². The molecule has 168 valence electrons. The summed E-state index contributed by atoms with van der Waals surface area (Å²) in [4.78, 5) is 13.0. The van der Waals surface area contributed by atoms with Gasteiger partial charge in [-0.25, -0.2) is 9.97 Å². The molecule has 1 aliphatic carbocycles. The van der Waals surface area contributed by atoms with E-state index in [1.165, 1.54) is 10.4 Å². The fraction of sp³-hybridized carbons (Fsp3) is 0.652. The molecule has 2 aliphatic heterocycles. The van der Waals surface area contributed by atoms with E-state index in [1.54, 1.807) is 11.3 Å². The van der Waals surface area contributed by atoms with Crippen molar-refractivity contribution in [3.63, 3.8) is 0 Å². The third-order valence-electron chi connectivity index (χ3n) is 7.11. The lowest BCUT2D eigenvalue weighted by Gasteiger charge is -2.47. The fourth-order valence-electron chi connectivity index (χ4n) is 5.36. The molecule has 2 atom stereocenters. The molecule has 0 amide bonds. The molecule has 1 spiro atoms. The topological polar surface area (TPSA) is 70.5 Å². The van der Waals surface area contributed by atoms with Crippen LogP contribution in [0.25, 0.3) is 0 Å². The summed E-state index contributed by atoms with van der Waals surface area (Å²) in [5.74, 6) is 0.688. The van der Waals surface area contributed by atoms with Gasteiger partial charge < -0.3 is 15.2 Å². The molecule has 0 aromatic carbocycles. The lowest BCUT2D eigenvalue weighted by molar-refractivity contribution is -0.110. The Hall–Kier alpha value is -1.25. The van der Waals surface area contributed by atoms with Crippen LogP contribution in [0.3, 0.4) is 0 Å². The van der Waals surface area contributed by atoms with Crippen LogP contribution in [-0.4, -0.2) is 51.3 Å². The third-order valence-corrected chi connectivity index (χ3v) is 8.61. The van der Waals surface area contributed by atoms with Gasteiger partial charge in [-0.1, -0.05) is 11.6 Å². The molecule has 5 rings (SSSR count). The highest BCUT2D eigenvalue weighted by Gasteiger charge is 2.44. The number of nitrogens with one attached hydrogen (secondary N) is 1.